The number of aliphatic hydroxyl groups excluding tert-OH is 1. The minimum atomic E-state index is -1.50. The Morgan fingerprint density at radius 1 is 1.19 bits per heavy atom. The van der Waals surface area contributed by atoms with Gasteiger partial charge in [0, 0.05) is 5.56 Å². The summed E-state index contributed by atoms with van der Waals surface area (Å²) in [4.78, 5) is 40.5. The van der Waals surface area contributed by atoms with Crippen molar-refractivity contribution in [3.8, 4) is 18.4 Å². The third kappa shape index (κ3) is 7.71. The number of terminal acetylenes is 1. The van der Waals surface area contributed by atoms with Crippen molar-refractivity contribution < 1.29 is 24.2 Å². The van der Waals surface area contributed by atoms with Gasteiger partial charge in [-0.15, -0.1) is 6.42 Å². The third-order valence-corrected chi connectivity index (χ3v) is 5.45. The third-order valence-electron chi connectivity index (χ3n) is 5.14. The number of nitriles is 1. The number of hydrogen-bond acceptors (Lipinski definition) is 6. The van der Waals surface area contributed by atoms with Gasteiger partial charge in [0.2, 0.25) is 5.91 Å². The Hall–Kier alpha value is -4.05. The number of aryl methyl sites for hydroxylation is 1. The van der Waals surface area contributed by atoms with E-state index in [1.54, 1.807) is 70.2 Å². The van der Waals surface area contributed by atoms with Gasteiger partial charge in [-0.3, -0.25) is 9.59 Å². The molecular formula is C27H29ClN4O5. The predicted molar refractivity (Wildman–Crippen MR) is 140 cm³/mol. The number of benzene rings is 2. The number of nitrogens with zero attached hydrogens (tertiary/aromatic N) is 2. The lowest BCUT2D eigenvalue weighted by atomic mass is 9.97. The number of carbonyl (C=O) groups is 3. The molecule has 0 fully saturated rings. The van der Waals surface area contributed by atoms with E-state index < -0.39 is 48.7 Å². The zero-order valence-electron chi connectivity index (χ0n) is 21.0. The Bertz CT molecular complexity index is 1220. The average Bonchev–Trinajstić information content (AvgIpc) is 2.83. The second kappa shape index (κ2) is 12.8. The lowest BCUT2D eigenvalue weighted by molar-refractivity contribution is -0.140. The lowest BCUT2D eigenvalue weighted by Gasteiger charge is -2.33. The molecule has 0 bridgehead atoms. The molecule has 0 aliphatic carbocycles. The summed E-state index contributed by atoms with van der Waals surface area (Å²) in [7, 11) is 0. The number of nitrogens with one attached hydrogen (secondary N) is 2. The van der Waals surface area contributed by atoms with Gasteiger partial charge < -0.3 is 25.4 Å². The van der Waals surface area contributed by atoms with E-state index in [2.05, 4.69) is 16.6 Å². The first kappa shape index (κ1) is 29.2. The number of aliphatic hydroxyl groups is 1. The second-order valence-electron chi connectivity index (χ2n) is 9.06. The number of ether oxygens (including phenoxy) is 1. The van der Waals surface area contributed by atoms with E-state index >= 15 is 0 Å². The van der Waals surface area contributed by atoms with Crippen molar-refractivity contribution in [2.75, 3.05) is 18.5 Å². The summed E-state index contributed by atoms with van der Waals surface area (Å²) in [5.41, 5.74) is 0.718. The number of carbonyl (C=O) groups excluding carboxylic acids is 3. The molecule has 3 N–H and O–H groups in total. The van der Waals surface area contributed by atoms with E-state index in [9.17, 15) is 24.8 Å². The molecule has 2 unspecified atom stereocenters. The molecule has 3 amide bonds. The quantitative estimate of drug-likeness (QED) is 0.357. The largest absolute Gasteiger partial charge is 0.444 e. The van der Waals surface area contributed by atoms with Crippen molar-refractivity contribution in [2.45, 2.75) is 45.4 Å². The predicted octanol–water partition coefficient (Wildman–Crippen LogP) is 3.55. The fourth-order valence-corrected chi connectivity index (χ4v) is 3.78. The maximum Gasteiger partial charge on any atom is 0.408 e. The van der Waals surface area contributed by atoms with Crippen LogP contribution in [0.2, 0.25) is 5.02 Å². The first-order chi connectivity index (χ1) is 17.4. The molecule has 10 heteroatoms. The molecule has 2 aromatic carbocycles. The number of hydrogen-bond donors (Lipinski definition) is 3. The van der Waals surface area contributed by atoms with Crippen molar-refractivity contribution in [1.82, 2.24) is 10.2 Å². The summed E-state index contributed by atoms with van der Waals surface area (Å²) in [5.74, 6) is 0.900. The van der Waals surface area contributed by atoms with Gasteiger partial charge in [0.25, 0.3) is 5.91 Å². The Labute approximate surface area is 221 Å². The molecule has 0 saturated heterocycles. The van der Waals surface area contributed by atoms with Crippen LogP contribution in [-0.2, 0) is 14.3 Å². The topological polar surface area (TPSA) is 132 Å². The molecule has 2 aromatic rings. The summed E-state index contributed by atoms with van der Waals surface area (Å²) >= 11 is 6.29. The number of halogens is 1. The highest BCUT2D eigenvalue weighted by Gasteiger charge is 2.37. The number of alkyl carbamates (subject to hydrolysis) is 1. The summed E-state index contributed by atoms with van der Waals surface area (Å²) in [6.07, 6.45) is 4.71. The Morgan fingerprint density at radius 3 is 2.43 bits per heavy atom. The monoisotopic (exact) mass is 524 g/mol. The number of amides is 3. The van der Waals surface area contributed by atoms with Gasteiger partial charge in [0.1, 0.15) is 24.2 Å². The van der Waals surface area contributed by atoms with Crippen LogP contribution in [0.1, 0.15) is 43.5 Å². The van der Waals surface area contributed by atoms with Crippen LogP contribution < -0.4 is 10.6 Å². The van der Waals surface area contributed by atoms with Crippen molar-refractivity contribution in [3.05, 3.63) is 64.2 Å². The average molecular weight is 525 g/mol. The van der Waals surface area contributed by atoms with Crippen LogP contribution >= 0.6 is 11.6 Å². The van der Waals surface area contributed by atoms with Crippen molar-refractivity contribution in [1.29, 1.82) is 5.26 Å². The van der Waals surface area contributed by atoms with Crippen LogP contribution in [0.4, 0.5) is 10.5 Å². The molecule has 0 spiro atoms. The van der Waals surface area contributed by atoms with Crippen LogP contribution in [0.15, 0.2) is 42.5 Å². The molecule has 2 atom stereocenters. The first-order valence-electron chi connectivity index (χ1n) is 11.3. The molecule has 0 radical (unpaired) electrons. The highest BCUT2D eigenvalue weighted by atomic mass is 35.5. The summed E-state index contributed by atoms with van der Waals surface area (Å²) in [5, 5.41) is 24.8. The maximum absolute atomic E-state index is 13.7. The zero-order chi connectivity index (χ0) is 27.8. The fraction of sp³-hybridized carbons (Fsp3) is 0.333. The van der Waals surface area contributed by atoms with E-state index in [4.69, 9.17) is 22.8 Å². The Kier molecular flexibility index (Phi) is 10.1. The number of anilines is 1. The minimum absolute atomic E-state index is 0.268. The molecule has 0 aromatic heterocycles. The highest BCUT2D eigenvalue weighted by molar-refractivity contribution is 6.34. The van der Waals surface area contributed by atoms with E-state index in [-0.39, 0.29) is 10.6 Å². The molecule has 0 aliphatic heterocycles. The highest BCUT2D eigenvalue weighted by Crippen LogP contribution is 2.30. The van der Waals surface area contributed by atoms with Crippen LogP contribution in [0.3, 0.4) is 0 Å². The first-order valence-corrected chi connectivity index (χ1v) is 11.7. The SMILES string of the molecule is C#Cc1ccccc1C(C(=O)Nc1c(C)cccc1Cl)N(CC#N)C(=O)C(CO)NC(=O)OC(C)(C)C. The molecule has 0 heterocycles. The van der Waals surface area contributed by atoms with Gasteiger partial charge in [-0.05, 0) is 51.0 Å². The number of para-hydroxylation sites is 1. The molecule has 194 valence electrons. The van der Waals surface area contributed by atoms with E-state index in [1.165, 1.54) is 0 Å². The van der Waals surface area contributed by atoms with Gasteiger partial charge in [-0.2, -0.15) is 5.26 Å². The van der Waals surface area contributed by atoms with Crippen LogP contribution in [0.25, 0.3) is 0 Å². The van der Waals surface area contributed by atoms with Crippen LogP contribution in [-0.4, -0.2) is 52.7 Å². The van der Waals surface area contributed by atoms with Gasteiger partial charge in [0.15, 0.2) is 0 Å². The molecule has 9 nitrogen and oxygen atoms in total. The van der Waals surface area contributed by atoms with Gasteiger partial charge in [-0.25, -0.2) is 4.79 Å². The van der Waals surface area contributed by atoms with Gasteiger partial charge in [0.05, 0.1) is 23.4 Å². The Morgan fingerprint density at radius 2 is 1.86 bits per heavy atom. The fourth-order valence-electron chi connectivity index (χ4n) is 3.51. The minimum Gasteiger partial charge on any atom is -0.444 e. The smallest absolute Gasteiger partial charge is 0.408 e. The molecule has 37 heavy (non-hydrogen) atoms. The van der Waals surface area contributed by atoms with E-state index in [1.807, 2.05) is 6.07 Å². The van der Waals surface area contributed by atoms with Crippen LogP contribution in [0.5, 0.6) is 0 Å². The second-order valence-corrected chi connectivity index (χ2v) is 9.47. The molecule has 2 rings (SSSR count). The van der Waals surface area contributed by atoms with Crippen molar-refractivity contribution in [3.63, 3.8) is 0 Å². The van der Waals surface area contributed by atoms with Crippen LogP contribution in [0, 0.1) is 30.6 Å². The molecular weight excluding hydrogens is 496 g/mol. The standard InChI is InChI=1S/C27H29ClN4O5/c1-6-18-11-7-8-12-19(18)23(24(34)31-22-17(2)10-9-13-20(22)28)32(15-14-29)25(35)21(16-33)30-26(36)37-27(3,4)5/h1,7-13,21,23,33H,15-16H2,2-5H3,(H,30,36)(H,31,34). The van der Waals surface area contributed by atoms with Gasteiger partial charge >= 0.3 is 6.09 Å². The molecule has 0 saturated carbocycles. The van der Waals surface area contributed by atoms with Crippen molar-refractivity contribution in [2.24, 2.45) is 0 Å². The normalized spacial score (nSPS) is 12.3. The summed E-state index contributed by atoms with van der Waals surface area (Å²) in [6, 6.07) is 10.5. The maximum atomic E-state index is 13.7. The lowest BCUT2D eigenvalue weighted by Crippen LogP contribution is -2.54. The van der Waals surface area contributed by atoms with Crippen molar-refractivity contribution >= 4 is 35.2 Å². The van der Waals surface area contributed by atoms with E-state index in [0.717, 1.165) is 4.90 Å². The number of rotatable bonds is 8. The van der Waals surface area contributed by atoms with Gasteiger partial charge in [-0.1, -0.05) is 47.9 Å². The summed E-state index contributed by atoms with van der Waals surface area (Å²) in [6.45, 7) is 5.30. The zero-order valence-corrected chi connectivity index (χ0v) is 21.8. The van der Waals surface area contributed by atoms with E-state index in [0.29, 0.717) is 16.8 Å². The molecule has 0 aliphatic rings. The summed E-state index contributed by atoms with van der Waals surface area (Å²) < 4.78 is 5.18. The Balaban J connectivity index is 2.56.